The maximum absolute atomic E-state index is 11.9. The van der Waals surface area contributed by atoms with E-state index in [1.807, 2.05) is 0 Å². The summed E-state index contributed by atoms with van der Waals surface area (Å²) in [6.45, 7) is 0.527. The van der Waals surface area contributed by atoms with Crippen LogP contribution in [0.15, 0.2) is 6.33 Å². The van der Waals surface area contributed by atoms with Crippen molar-refractivity contribution in [2.24, 2.45) is 0 Å². The summed E-state index contributed by atoms with van der Waals surface area (Å²) in [6, 6.07) is 0. The number of hydrogen-bond donors (Lipinski definition) is 1. The van der Waals surface area contributed by atoms with Crippen molar-refractivity contribution in [2.45, 2.75) is 44.7 Å². The van der Waals surface area contributed by atoms with E-state index in [1.165, 1.54) is 6.33 Å². The molecular formula is C12H16F3N3. The molecular weight excluding hydrogens is 243 g/mol. The van der Waals surface area contributed by atoms with Crippen molar-refractivity contribution in [1.82, 2.24) is 9.97 Å². The molecule has 1 heterocycles. The van der Waals surface area contributed by atoms with Crippen LogP contribution in [0.1, 0.15) is 36.9 Å². The van der Waals surface area contributed by atoms with E-state index < -0.39 is 12.6 Å². The molecule has 1 aromatic rings. The van der Waals surface area contributed by atoms with Crippen molar-refractivity contribution in [3.8, 4) is 0 Å². The lowest BCUT2D eigenvalue weighted by Gasteiger charge is -2.10. The molecule has 18 heavy (non-hydrogen) atoms. The van der Waals surface area contributed by atoms with Gasteiger partial charge in [-0.3, -0.25) is 0 Å². The van der Waals surface area contributed by atoms with Crippen LogP contribution in [0.5, 0.6) is 0 Å². The Kier molecular flexibility index (Phi) is 4.04. The van der Waals surface area contributed by atoms with Crippen LogP contribution in [0.3, 0.4) is 0 Å². The van der Waals surface area contributed by atoms with E-state index in [1.54, 1.807) is 0 Å². The molecule has 0 amide bonds. The van der Waals surface area contributed by atoms with Gasteiger partial charge in [-0.15, -0.1) is 0 Å². The van der Waals surface area contributed by atoms with E-state index in [0.717, 1.165) is 36.3 Å². The van der Waals surface area contributed by atoms with Crippen LogP contribution in [0, 0.1) is 0 Å². The molecule has 0 aliphatic heterocycles. The highest BCUT2D eigenvalue weighted by atomic mass is 19.4. The molecule has 0 spiro atoms. The van der Waals surface area contributed by atoms with E-state index >= 15 is 0 Å². The van der Waals surface area contributed by atoms with E-state index in [9.17, 15) is 13.2 Å². The minimum Gasteiger partial charge on any atom is -0.370 e. The largest absolute Gasteiger partial charge is 0.389 e. The molecule has 1 N–H and O–H groups in total. The Labute approximate surface area is 104 Å². The van der Waals surface area contributed by atoms with Crippen molar-refractivity contribution >= 4 is 5.82 Å². The highest BCUT2D eigenvalue weighted by Crippen LogP contribution is 2.25. The first-order valence-electron chi connectivity index (χ1n) is 6.19. The normalized spacial score (nSPS) is 14.6. The summed E-state index contributed by atoms with van der Waals surface area (Å²) in [5, 5.41) is 3.11. The smallest absolute Gasteiger partial charge is 0.370 e. The molecule has 0 atom stereocenters. The third-order valence-corrected chi connectivity index (χ3v) is 3.05. The fourth-order valence-electron chi connectivity index (χ4n) is 2.17. The van der Waals surface area contributed by atoms with Crippen molar-refractivity contribution in [3.05, 3.63) is 17.6 Å². The van der Waals surface area contributed by atoms with Crippen LogP contribution in [0.2, 0.25) is 0 Å². The van der Waals surface area contributed by atoms with E-state index in [0.29, 0.717) is 13.0 Å². The molecule has 0 saturated carbocycles. The number of alkyl halides is 3. The molecule has 0 unspecified atom stereocenters. The summed E-state index contributed by atoms with van der Waals surface area (Å²) in [4.78, 5) is 8.35. The number of aromatic nitrogens is 2. The van der Waals surface area contributed by atoms with Gasteiger partial charge in [0.1, 0.15) is 12.1 Å². The number of aryl methyl sites for hydroxylation is 1. The zero-order valence-corrected chi connectivity index (χ0v) is 10.1. The first-order valence-corrected chi connectivity index (χ1v) is 6.19. The highest BCUT2D eigenvalue weighted by Gasteiger charge is 2.25. The lowest BCUT2D eigenvalue weighted by atomic mass is 10.2. The fourth-order valence-corrected chi connectivity index (χ4v) is 2.17. The van der Waals surface area contributed by atoms with Crippen LogP contribution in [-0.4, -0.2) is 22.7 Å². The van der Waals surface area contributed by atoms with Crippen molar-refractivity contribution in [1.29, 1.82) is 0 Å². The van der Waals surface area contributed by atoms with E-state index in [-0.39, 0.29) is 6.42 Å². The Morgan fingerprint density at radius 3 is 2.78 bits per heavy atom. The Balaban J connectivity index is 1.76. The van der Waals surface area contributed by atoms with Crippen molar-refractivity contribution < 1.29 is 13.2 Å². The number of rotatable bonds is 5. The molecule has 0 aromatic carbocycles. The molecule has 1 aliphatic carbocycles. The van der Waals surface area contributed by atoms with Crippen LogP contribution >= 0.6 is 0 Å². The van der Waals surface area contributed by atoms with Gasteiger partial charge in [0.25, 0.3) is 0 Å². The number of halogens is 3. The van der Waals surface area contributed by atoms with Gasteiger partial charge in [-0.05, 0) is 32.1 Å². The topological polar surface area (TPSA) is 37.8 Å². The predicted octanol–water partition coefficient (Wildman–Crippen LogP) is 3.11. The number of nitrogens with one attached hydrogen (secondary N) is 1. The average Bonchev–Trinajstić information content (AvgIpc) is 2.75. The Morgan fingerprint density at radius 2 is 2.00 bits per heavy atom. The van der Waals surface area contributed by atoms with Gasteiger partial charge in [0.15, 0.2) is 0 Å². The summed E-state index contributed by atoms with van der Waals surface area (Å²) in [6.07, 6.45) is 0.426. The average molecular weight is 259 g/mol. The van der Waals surface area contributed by atoms with Gasteiger partial charge in [0.2, 0.25) is 0 Å². The number of unbranched alkanes of at least 4 members (excludes halogenated alkanes) is 1. The number of nitrogens with zero attached hydrogens (tertiary/aromatic N) is 2. The number of fused-ring (bicyclic) bond motifs is 1. The highest BCUT2D eigenvalue weighted by molar-refractivity contribution is 5.47. The van der Waals surface area contributed by atoms with Gasteiger partial charge in [-0.2, -0.15) is 13.2 Å². The Morgan fingerprint density at radius 1 is 1.17 bits per heavy atom. The molecule has 0 bridgehead atoms. The second kappa shape index (κ2) is 5.54. The maximum Gasteiger partial charge on any atom is 0.389 e. The standard InChI is InChI=1S/C12H16F3N3/c13-12(14,15)6-1-2-7-16-11-9-4-3-5-10(9)17-8-18-11/h8H,1-7H2,(H,16,17,18). The molecule has 0 radical (unpaired) electrons. The van der Waals surface area contributed by atoms with Gasteiger partial charge in [0, 0.05) is 24.2 Å². The maximum atomic E-state index is 11.9. The first-order chi connectivity index (χ1) is 8.56. The summed E-state index contributed by atoms with van der Waals surface area (Å²) in [5.74, 6) is 0.796. The minimum absolute atomic E-state index is 0.157. The van der Waals surface area contributed by atoms with Gasteiger partial charge < -0.3 is 5.32 Å². The molecule has 2 rings (SSSR count). The lowest BCUT2D eigenvalue weighted by molar-refractivity contribution is -0.135. The van der Waals surface area contributed by atoms with Crippen LogP contribution in [0.4, 0.5) is 19.0 Å². The van der Waals surface area contributed by atoms with Crippen LogP contribution < -0.4 is 5.32 Å². The SMILES string of the molecule is FC(F)(F)CCCCNc1ncnc2c1CCC2. The van der Waals surface area contributed by atoms with Crippen molar-refractivity contribution in [3.63, 3.8) is 0 Å². The Hall–Kier alpha value is -1.33. The first kappa shape index (κ1) is 13.1. The fraction of sp³-hybridized carbons (Fsp3) is 0.667. The summed E-state index contributed by atoms with van der Waals surface area (Å²) >= 11 is 0. The van der Waals surface area contributed by atoms with Crippen molar-refractivity contribution in [2.75, 3.05) is 11.9 Å². The second-order valence-electron chi connectivity index (χ2n) is 4.50. The van der Waals surface area contributed by atoms with Crippen LogP contribution in [-0.2, 0) is 12.8 Å². The second-order valence-corrected chi connectivity index (χ2v) is 4.50. The molecule has 6 heteroatoms. The lowest BCUT2D eigenvalue weighted by Crippen LogP contribution is -2.10. The quantitative estimate of drug-likeness (QED) is 0.826. The molecule has 1 aromatic heterocycles. The molecule has 0 saturated heterocycles. The minimum atomic E-state index is -4.05. The molecule has 100 valence electrons. The van der Waals surface area contributed by atoms with Gasteiger partial charge in [0.05, 0.1) is 0 Å². The molecule has 1 aliphatic rings. The van der Waals surface area contributed by atoms with E-state index in [4.69, 9.17) is 0 Å². The van der Waals surface area contributed by atoms with Gasteiger partial charge >= 0.3 is 6.18 Å². The molecule has 0 fully saturated rings. The van der Waals surface area contributed by atoms with E-state index in [2.05, 4.69) is 15.3 Å². The van der Waals surface area contributed by atoms with Gasteiger partial charge in [-0.25, -0.2) is 9.97 Å². The Bertz CT molecular complexity index is 404. The summed E-state index contributed by atoms with van der Waals surface area (Å²) in [7, 11) is 0. The zero-order valence-electron chi connectivity index (χ0n) is 10.1. The third-order valence-electron chi connectivity index (χ3n) is 3.05. The van der Waals surface area contributed by atoms with Crippen LogP contribution in [0.25, 0.3) is 0 Å². The zero-order chi connectivity index (χ0) is 13.0. The number of anilines is 1. The summed E-state index contributed by atoms with van der Waals surface area (Å²) in [5.41, 5.74) is 2.20. The molecule has 3 nitrogen and oxygen atoms in total. The monoisotopic (exact) mass is 259 g/mol. The number of hydrogen-bond acceptors (Lipinski definition) is 3. The third kappa shape index (κ3) is 3.58. The van der Waals surface area contributed by atoms with Gasteiger partial charge in [-0.1, -0.05) is 0 Å². The summed E-state index contributed by atoms with van der Waals surface area (Å²) < 4.78 is 35.8. The predicted molar refractivity (Wildman–Crippen MR) is 62.5 cm³/mol.